The van der Waals surface area contributed by atoms with Crippen LogP contribution in [-0.2, 0) is 11.3 Å². The third-order valence-corrected chi connectivity index (χ3v) is 5.76. The van der Waals surface area contributed by atoms with Crippen LogP contribution in [-0.4, -0.2) is 41.2 Å². The second-order valence-corrected chi connectivity index (χ2v) is 10.0. The molecule has 2 aromatic rings. The predicted molar refractivity (Wildman–Crippen MR) is 120 cm³/mol. The van der Waals surface area contributed by atoms with Gasteiger partial charge in [0.2, 0.25) is 0 Å². The highest BCUT2D eigenvalue weighted by atomic mass is 35.5. The monoisotopic (exact) mass is 436 g/mol. The number of anilines is 2. The highest BCUT2D eigenvalue weighted by Crippen LogP contribution is 2.22. The lowest BCUT2D eigenvalue weighted by molar-refractivity contribution is 0.0172. The van der Waals surface area contributed by atoms with E-state index in [9.17, 15) is 4.79 Å². The van der Waals surface area contributed by atoms with Crippen LogP contribution < -0.4 is 10.6 Å². The van der Waals surface area contributed by atoms with Gasteiger partial charge >= 0.3 is 6.09 Å². The number of thiazole rings is 1. The number of rotatable bonds is 6. The summed E-state index contributed by atoms with van der Waals surface area (Å²) < 4.78 is 6.07. The molecule has 6 nitrogen and oxygen atoms in total. The number of hydrogen-bond donors (Lipinski definition) is 2. The number of aromatic nitrogens is 1. The number of benzene rings is 1. The fraction of sp³-hybridized carbons (Fsp3) is 0.524. The van der Waals surface area contributed by atoms with Crippen molar-refractivity contribution in [2.24, 2.45) is 5.92 Å². The van der Waals surface area contributed by atoms with Gasteiger partial charge < -0.3 is 20.3 Å². The molecule has 158 valence electrons. The van der Waals surface area contributed by atoms with Gasteiger partial charge in [-0.1, -0.05) is 11.6 Å². The van der Waals surface area contributed by atoms with E-state index in [4.69, 9.17) is 16.3 Å². The summed E-state index contributed by atoms with van der Waals surface area (Å²) in [6.07, 6.45) is 3.71. The molecule has 0 bridgehead atoms. The van der Waals surface area contributed by atoms with Gasteiger partial charge in [0.25, 0.3) is 0 Å². The number of nitrogens with one attached hydrogen (secondary N) is 2. The summed E-state index contributed by atoms with van der Waals surface area (Å²) in [7, 11) is 0. The van der Waals surface area contributed by atoms with Crippen molar-refractivity contribution in [3.05, 3.63) is 39.8 Å². The zero-order valence-electron chi connectivity index (χ0n) is 17.2. The van der Waals surface area contributed by atoms with Crippen molar-refractivity contribution >= 4 is 40.4 Å². The summed E-state index contributed by atoms with van der Waals surface area (Å²) >= 11 is 7.34. The van der Waals surface area contributed by atoms with Gasteiger partial charge in [-0.05, 0) is 63.8 Å². The smallest absolute Gasteiger partial charge is 0.410 e. The van der Waals surface area contributed by atoms with Crippen LogP contribution in [0.25, 0.3) is 0 Å². The number of hydrogen-bond acceptors (Lipinski definition) is 6. The molecular formula is C21H29ClN4O2S. The lowest BCUT2D eigenvalue weighted by Crippen LogP contribution is -2.44. The molecule has 3 rings (SSSR count). The Morgan fingerprint density at radius 3 is 2.59 bits per heavy atom. The minimum Gasteiger partial charge on any atom is -0.444 e. The van der Waals surface area contributed by atoms with E-state index in [2.05, 4.69) is 39.9 Å². The lowest BCUT2D eigenvalue weighted by Gasteiger charge is -2.34. The largest absolute Gasteiger partial charge is 0.444 e. The number of ether oxygens (including phenoxy) is 1. The van der Waals surface area contributed by atoms with E-state index >= 15 is 0 Å². The Morgan fingerprint density at radius 2 is 1.97 bits per heavy atom. The zero-order chi connectivity index (χ0) is 20.9. The average Bonchev–Trinajstić information content (AvgIpc) is 3.10. The highest BCUT2D eigenvalue weighted by Gasteiger charge is 2.27. The molecule has 1 atom stereocenters. The molecule has 1 fully saturated rings. The van der Waals surface area contributed by atoms with Gasteiger partial charge in [0.05, 0.1) is 6.54 Å². The third kappa shape index (κ3) is 7.08. The van der Waals surface area contributed by atoms with Crippen LogP contribution >= 0.6 is 22.9 Å². The summed E-state index contributed by atoms with van der Waals surface area (Å²) in [6.45, 7) is 8.76. The van der Waals surface area contributed by atoms with Crippen LogP contribution in [0, 0.1) is 5.92 Å². The maximum atomic E-state index is 12.3. The molecule has 2 N–H and O–H groups in total. The number of likely N-dealkylation sites (tertiary alicyclic amines) is 1. The molecule has 1 aromatic carbocycles. The molecule has 29 heavy (non-hydrogen) atoms. The van der Waals surface area contributed by atoms with Crippen molar-refractivity contribution in [2.75, 3.05) is 30.3 Å². The van der Waals surface area contributed by atoms with Crippen molar-refractivity contribution in [1.82, 2.24) is 9.88 Å². The standard InChI is InChI=1S/C21H29ClN4O2S/c1-21(2,3)28-20(27)26-10-4-5-15(14-26)11-23-16-6-8-17(9-7-16)24-12-18-13-25-19(22)29-18/h6-9,13,15,23-24H,4-5,10-12,14H2,1-3H3. The molecule has 1 aromatic heterocycles. The van der Waals surface area contributed by atoms with Gasteiger partial charge in [-0.3, -0.25) is 0 Å². The topological polar surface area (TPSA) is 66.5 Å². The first-order valence-corrected chi connectivity index (χ1v) is 11.1. The second-order valence-electron chi connectivity index (χ2n) is 8.33. The van der Waals surface area contributed by atoms with Crippen LogP contribution in [0.1, 0.15) is 38.5 Å². The Kier molecular flexibility index (Phi) is 7.24. The Labute approximate surface area is 181 Å². The molecule has 0 radical (unpaired) electrons. The van der Waals surface area contributed by atoms with Gasteiger partial charge in [0.15, 0.2) is 4.47 Å². The summed E-state index contributed by atoms with van der Waals surface area (Å²) in [5, 5.41) is 6.86. The van der Waals surface area contributed by atoms with Crippen molar-refractivity contribution in [2.45, 2.75) is 45.8 Å². The van der Waals surface area contributed by atoms with Crippen LogP contribution in [0.2, 0.25) is 4.47 Å². The molecule has 1 saturated heterocycles. The average molecular weight is 437 g/mol. The lowest BCUT2D eigenvalue weighted by atomic mass is 9.98. The number of amides is 1. The molecule has 1 aliphatic heterocycles. The Hall–Kier alpha value is -1.99. The molecule has 0 saturated carbocycles. The van der Waals surface area contributed by atoms with Crippen LogP contribution in [0.5, 0.6) is 0 Å². The van der Waals surface area contributed by atoms with Crippen LogP contribution in [0.4, 0.5) is 16.2 Å². The quantitative estimate of drug-likeness (QED) is 0.628. The van der Waals surface area contributed by atoms with Gasteiger partial charge in [0.1, 0.15) is 5.60 Å². The number of piperidine rings is 1. The normalized spacial score (nSPS) is 17.1. The number of nitrogens with zero attached hydrogens (tertiary/aromatic N) is 2. The highest BCUT2D eigenvalue weighted by molar-refractivity contribution is 7.15. The van der Waals surface area contributed by atoms with Gasteiger partial charge in [-0.15, -0.1) is 11.3 Å². The third-order valence-electron chi connectivity index (χ3n) is 4.64. The van der Waals surface area contributed by atoms with E-state index < -0.39 is 5.60 Å². The van der Waals surface area contributed by atoms with E-state index in [1.54, 1.807) is 6.20 Å². The number of carbonyl (C=O) groups is 1. The zero-order valence-corrected chi connectivity index (χ0v) is 18.8. The van der Waals surface area contributed by atoms with E-state index in [1.807, 2.05) is 25.7 Å². The number of carbonyl (C=O) groups excluding carboxylic acids is 1. The molecule has 1 amide bonds. The Balaban J connectivity index is 1.44. The summed E-state index contributed by atoms with van der Waals surface area (Å²) in [6, 6.07) is 8.24. The minimum absolute atomic E-state index is 0.208. The molecule has 0 spiro atoms. The summed E-state index contributed by atoms with van der Waals surface area (Å²) in [4.78, 5) is 19.3. The van der Waals surface area contributed by atoms with Crippen molar-refractivity contribution in [3.63, 3.8) is 0 Å². The Morgan fingerprint density at radius 1 is 1.28 bits per heavy atom. The van der Waals surface area contributed by atoms with Crippen molar-refractivity contribution < 1.29 is 9.53 Å². The fourth-order valence-electron chi connectivity index (χ4n) is 3.25. The molecule has 1 unspecified atom stereocenters. The Bertz CT molecular complexity index is 804. The van der Waals surface area contributed by atoms with Crippen molar-refractivity contribution in [1.29, 1.82) is 0 Å². The van der Waals surface area contributed by atoms with Gasteiger partial charge in [0, 0.05) is 42.1 Å². The molecule has 2 heterocycles. The molecule has 0 aliphatic carbocycles. The molecule has 1 aliphatic rings. The van der Waals surface area contributed by atoms with Gasteiger partial charge in [-0.2, -0.15) is 0 Å². The fourth-order valence-corrected chi connectivity index (χ4v) is 4.16. The van der Waals surface area contributed by atoms with E-state index in [-0.39, 0.29) is 6.09 Å². The first-order valence-electron chi connectivity index (χ1n) is 9.94. The molecule has 8 heteroatoms. The SMILES string of the molecule is CC(C)(C)OC(=O)N1CCCC(CNc2ccc(NCc3cnc(Cl)s3)cc2)C1. The van der Waals surface area contributed by atoms with E-state index in [0.29, 0.717) is 16.9 Å². The van der Waals surface area contributed by atoms with Crippen LogP contribution in [0.15, 0.2) is 30.5 Å². The van der Waals surface area contributed by atoms with E-state index in [1.165, 1.54) is 11.3 Å². The summed E-state index contributed by atoms with van der Waals surface area (Å²) in [5.41, 5.74) is 1.67. The number of halogens is 1. The predicted octanol–water partition coefficient (Wildman–Crippen LogP) is 5.47. The maximum absolute atomic E-state index is 12.3. The molecular weight excluding hydrogens is 408 g/mol. The van der Waals surface area contributed by atoms with Crippen molar-refractivity contribution in [3.8, 4) is 0 Å². The maximum Gasteiger partial charge on any atom is 0.410 e. The van der Waals surface area contributed by atoms with Crippen LogP contribution in [0.3, 0.4) is 0 Å². The first kappa shape index (κ1) is 21.7. The first-order chi connectivity index (χ1) is 13.8. The van der Waals surface area contributed by atoms with E-state index in [0.717, 1.165) is 48.7 Å². The minimum atomic E-state index is -0.454. The second kappa shape index (κ2) is 9.67. The van der Waals surface area contributed by atoms with Gasteiger partial charge in [-0.25, -0.2) is 9.78 Å². The summed E-state index contributed by atoms with van der Waals surface area (Å²) in [5.74, 6) is 0.421.